The van der Waals surface area contributed by atoms with E-state index in [4.69, 9.17) is 0 Å². The second kappa shape index (κ2) is 6.99. The van der Waals surface area contributed by atoms with Gasteiger partial charge in [-0.1, -0.05) is 29.5 Å². The maximum Gasteiger partial charge on any atom is 0.246 e. The van der Waals surface area contributed by atoms with Crippen molar-refractivity contribution >= 4 is 53.5 Å². The molecule has 0 saturated heterocycles. The van der Waals surface area contributed by atoms with Gasteiger partial charge in [-0.15, -0.1) is 0 Å². The lowest BCUT2D eigenvalue weighted by atomic mass is 10.2. The monoisotopic (exact) mass is 414 g/mol. The van der Waals surface area contributed by atoms with Gasteiger partial charge in [-0.05, 0) is 36.8 Å². The fourth-order valence-electron chi connectivity index (χ4n) is 3.03. The lowest BCUT2D eigenvalue weighted by Gasteiger charge is -2.08. The Morgan fingerprint density at radius 2 is 1.93 bits per heavy atom. The number of thiazole rings is 1. The van der Waals surface area contributed by atoms with E-state index >= 15 is 0 Å². The van der Waals surface area contributed by atoms with Gasteiger partial charge in [0.15, 0.2) is 15.0 Å². The van der Waals surface area contributed by atoms with Gasteiger partial charge in [-0.25, -0.2) is 18.4 Å². The zero-order chi connectivity index (χ0) is 19.9. The van der Waals surface area contributed by atoms with Crippen LogP contribution in [-0.2, 0) is 26.9 Å². The molecule has 0 unspecified atom stereocenters. The van der Waals surface area contributed by atoms with Crippen molar-refractivity contribution in [3.05, 3.63) is 53.9 Å². The average molecular weight is 415 g/mol. The standard InChI is InChI=1S/C19H18N4O3S2/c1-12-7-8-14-16(9-12)27-19(21-14)22-18(24)10-23-15-6-4-3-5-13(15)20-17(23)11-28(2,25)26/h3-9H,10-11H2,1-2H3,(H,21,22,24). The summed E-state index contributed by atoms with van der Waals surface area (Å²) >= 11 is 1.41. The molecule has 1 N–H and O–H groups in total. The average Bonchev–Trinajstić information content (AvgIpc) is 3.14. The van der Waals surface area contributed by atoms with Crippen LogP contribution in [0, 0.1) is 6.92 Å². The number of para-hydroxylation sites is 2. The number of anilines is 1. The molecule has 9 heteroatoms. The molecule has 0 fully saturated rings. The number of carbonyl (C=O) groups excluding carboxylic acids is 1. The van der Waals surface area contributed by atoms with E-state index in [2.05, 4.69) is 15.3 Å². The van der Waals surface area contributed by atoms with Gasteiger partial charge in [0.1, 0.15) is 18.1 Å². The molecular weight excluding hydrogens is 396 g/mol. The summed E-state index contributed by atoms with van der Waals surface area (Å²) in [6.45, 7) is 1.96. The van der Waals surface area contributed by atoms with Crippen LogP contribution in [-0.4, -0.2) is 35.1 Å². The third-order valence-electron chi connectivity index (χ3n) is 4.22. The molecule has 2 aromatic carbocycles. The lowest BCUT2D eigenvalue weighted by molar-refractivity contribution is -0.116. The van der Waals surface area contributed by atoms with Crippen molar-refractivity contribution in [3.8, 4) is 0 Å². The minimum Gasteiger partial charge on any atom is -0.318 e. The number of nitrogens with zero attached hydrogens (tertiary/aromatic N) is 3. The van der Waals surface area contributed by atoms with Gasteiger partial charge in [-0.3, -0.25) is 4.79 Å². The number of amides is 1. The van der Waals surface area contributed by atoms with Crippen molar-refractivity contribution in [2.75, 3.05) is 11.6 Å². The molecule has 0 aliphatic heterocycles. The van der Waals surface area contributed by atoms with Crippen molar-refractivity contribution in [2.24, 2.45) is 0 Å². The summed E-state index contributed by atoms with van der Waals surface area (Å²) in [6, 6.07) is 13.2. The highest BCUT2D eigenvalue weighted by Gasteiger charge is 2.18. The van der Waals surface area contributed by atoms with Crippen molar-refractivity contribution in [3.63, 3.8) is 0 Å². The van der Waals surface area contributed by atoms with Crippen LogP contribution in [0.4, 0.5) is 5.13 Å². The normalized spacial score (nSPS) is 11.9. The maximum atomic E-state index is 12.6. The van der Waals surface area contributed by atoms with Crippen LogP contribution < -0.4 is 5.32 Å². The van der Waals surface area contributed by atoms with Gasteiger partial charge >= 0.3 is 0 Å². The second-order valence-electron chi connectivity index (χ2n) is 6.71. The van der Waals surface area contributed by atoms with E-state index in [1.165, 1.54) is 11.3 Å². The van der Waals surface area contributed by atoms with E-state index in [0.717, 1.165) is 27.6 Å². The molecule has 144 valence electrons. The number of imidazole rings is 1. The van der Waals surface area contributed by atoms with E-state index in [9.17, 15) is 13.2 Å². The molecule has 0 aliphatic carbocycles. The molecule has 7 nitrogen and oxygen atoms in total. The Kier molecular flexibility index (Phi) is 4.64. The summed E-state index contributed by atoms with van der Waals surface area (Å²) in [5.41, 5.74) is 3.33. The number of rotatable bonds is 5. The minimum absolute atomic E-state index is 0.0413. The number of hydrogen-bond donors (Lipinski definition) is 1. The molecular formula is C19H18N4O3S2. The Labute approximate surface area is 166 Å². The second-order valence-corrected chi connectivity index (χ2v) is 9.88. The zero-order valence-corrected chi connectivity index (χ0v) is 17.0. The van der Waals surface area contributed by atoms with Crippen molar-refractivity contribution in [2.45, 2.75) is 19.2 Å². The van der Waals surface area contributed by atoms with Crippen LogP contribution in [0.2, 0.25) is 0 Å². The third kappa shape index (κ3) is 3.90. The number of aryl methyl sites for hydroxylation is 1. The summed E-state index contributed by atoms with van der Waals surface area (Å²) in [6.07, 6.45) is 1.15. The van der Waals surface area contributed by atoms with E-state index in [1.54, 1.807) is 10.6 Å². The molecule has 0 aliphatic rings. The summed E-state index contributed by atoms with van der Waals surface area (Å²) < 4.78 is 26.2. The highest BCUT2D eigenvalue weighted by Crippen LogP contribution is 2.27. The molecule has 2 aromatic heterocycles. The third-order valence-corrected chi connectivity index (χ3v) is 5.93. The first kappa shape index (κ1) is 18.6. The summed E-state index contributed by atoms with van der Waals surface area (Å²) in [5, 5.41) is 3.33. The number of carbonyl (C=O) groups is 1. The van der Waals surface area contributed by atoms with Crippen molar-refractivity contribution < 1.29 is 13.2 Å². The molecule has 4 aromatic rings. The Morgan fingerprint density at radius 3 is 2.71 bits per heavy atom. The highest BCUT2D eigenvalue weighted by atomic mass is 32.2. The number of fused-ring (bicyclic) bond motifs is 2. The van der Waals surface area contributed by atoms with Crippen LogP contribution in [0.15, 0.2) is 42.5 Å². The first-order valence-electron chi connectivity index (χ1n) is 8.57. The van der Waals surface area contributed by atoms with Gasteiger partial charge < -0.3 is 9.88 Å². The Balaban J connectivity index is 1.62. The highest BCUT2D eigenvalue weighted by molar-refractivity contribution is 7.89. The summed E-state index contributed by atoms with van der Waals surface area (Å²) in [5.74, 6) is -0.164. The molecule has 0 bridgehead atoms. The smallest absolute Gasteiger partial charge is 0.246 e. The van der Waals surface area contributed by atoms with E-state index in [1.807, 2.05) is 43.3 Å². The summed E-state index contributed by atoms with van der Waals surface area (Å²) in [4.78, 5) is 21.5. The number of sulfone groups is 1. The van der Waals surface area contributed by atoms with Crippen molar-refractivity contribution in [1.82, 2.24) is 14.5 Å². The zero-order valence-electron chi connectivity index (χ0n) is 15.3. The van der Waals surface area contributed by atoms with Crippen LogP contribution in [0.3, 0.4) is 0 Å². The molecule has 4 rings (SSSR count). The topological polar surface area (TPSA) is 94.0 Å². The van der Waals surface area contributed by atoms with Gasteiger partial charge in [-0.2, -0.15) is 0 Å². The van der Waals surface area contributed by atoms with Crippen LogP contribution in [0.25, 0.3) is 21.3 Å². The first-order chi connectivity index (χ1) is 13.3. The Hall–Kier alpha value is -2.78. The summed E-state index contributed by atoms with van der Waals surface area (Å²) in [7, 11) is -3.29. The maximum absolute atomic E-state index is 12.6. The molecule has 0 radical (unpaired) electrons. The predicted octanol–water partition coefficient (Wildman–Crippen LogP) is 3.14. The van der Waals surface area contributed by atoms with Crippen LogP contribution >= 0.6 is 11.3 Å². The Morgan fingerprint density at radius 1 is 1.14 bits per heavy atom. The molecule has 28 heavy (non-hydrogen) atoms. The van der Waals surface area contributed by atoms with Crippen LogP contribution in [0.5, 0.6) is 0 Å². The quantitative estimate of drug-likeness (QED) is 0.541. The van der Waals surface area contributed by atoms with E-state index in [-0.39, 0.29) is 18.2 Å². The van der Waals surface area contributed by atoms with Gasteiger partial charge in [0.25, 0.3) is 0 Å². The number of hydrogen-bond acceptors (Lipinski definition) is 6. The van der Waals surface area contributed by atoms with Gasteiger partial charge in [0, 0.05) is 6.26 Å². The minimum atomic E-state index is -3.29. The fraction of sp³-hybridized carbons (Fsp3) is 0.211. The molecule has 0 saturated carbocycles. The largest absolute Gasteiger partial charge is 0.318 e. The first-order valence-corrected chi connectivity index (χ1v) is 11.4. The number of benzene rings is 2. The fourth-order valence-corrected chi connectivity index (χ4v) is 4.70. The van der Waals surface area contributed by atoms with Crippen LogP contribution in [0.1, 0.15) is 11.4 Å². The van der Waals surface area contributed by atoms with Crippen molar-refractivity contribution in [1.29, 1.82) is 0 Å². The molecule has 0 spiro atoms. The predicted molar refractivity (Wildman–Crippen MR) is 111 cm³/mol. The number of aromatic nitrogens is 3. The molecule has 1 amide bonds. The molecule has 2 heterocycles. The molecule has 0 atom stereocenters. The van der Waals surface area contributed by atoms with Gasteiger partial charge in [0.05, 0.1) is 21.3 Å². The van der Waals surface area contributed by atoms with E-state index in [0.29, 0.717) is 16.5 Å². The van der Waals surface area contributed by atoms with E-state index < -0.39 is 9.84 Å². The lowest BCUT2D eigenvalue weighted by Crippen LogP contribution is -2.21. The van der Waals surface area contributed by atoms with Gasteiger partial charge in [0.2, 0.25) is 5.91 Å². The SMILES string of the molecule is Cc1ccc2nc(NC(=O)Cn3c(CS(C)(=O)=O)nc4ccccc43)sc2c1. The Bertz CT molecular complexity index is 1310. The number of nitrogens with one attached hydrogen (secondary N) is 1.